The fourth-order valence-corrected chi connectivity index (χ4v) is 2.51. The van der Waals surface area contributed by atoms with E-state index in [1.165, 1.54) is 29.3 Å². The third kappa shape index (κ3) is 3.14. The third-order valence-electron chi connectivity index (χ3n) is 3.58. The number of rotatable bonds is 3. The van der Waals surface area contributed by atoms with E-state index >= 15 is 0 Å². The maximum atomic E-state index is 12.9. The molecule has 1 N–H and O–H groups in total. The van der Waals surface area contributed by atoms with Gasteiger partial charge in [-0.25, -0.2) is 4.39 Å². The monoisotopic (exact) mass is 345 g/mol. The number of hydrazone groups is 1. The van der Waals surface area contributed by atoms with Crippen molar-refractivity contribution in [2.45, 2.75) is 6.92 Å². The van der Waals surface area contributed by atoms with Gasteiger partial charge >= 0.3 is 0 Å². The van der Waals surface area contributed by atoms with Crippen LogP contribution in [0.4, 0.5) is 15.8 Å². The van der Waals surface area contributed by atoms with Crippen LogP contribution in [0.5, 0.6) is 0 Å². The van der Waals surface area contributed by atoms with Crippen molar-refractivity contribution in [3.8, 4) is 0 Å². The molecule has 0 aliphatic carbocycles. The van der Waals surface area contributed by atoms with E-state index in [9.17, 15) is 14.0 Å². The molecule has 2 amide bonds. The van der Waals surface area contributed by atoms with Crippen molar-refractivity contribution in [1.82, 2.24) is 0 Å². The second-order valence-corrected chi connectivity index (χ2v) is 5.73. The molecule has 7 heteroatoms. The zero-order chi connectivity index (χ0) is 17.3. The SMILES string of the molecule is CC1=NN(c2ccc(Cl)cc2)C(=O)C1C(=O)Nc1ccc(F)cc1. The fourth-order valence-electron chi connectivity index (χ4n) is 2.38. The lowest BCUT2D eigenvalue weighted by Gasteiger charge is -2.14. The summed E-state index contributed by atoms with van der Waals surface area (Å²) in [5.74, 6) is -2.39. The first-order chi connectivity index (χ1) is 11.5. The van der Waals surface area contributed by atoms with Gasteiger partial charge in [-0.2, -0.15) is 10.1 Å². The molecule has 0 spiro atoms. The van der Waals surface area contributed by atoms with Crippen LogP contribution in [0.25, 0.3) is 0 Å². The van der Waals surface area contributed by atoms with Gasteiger partial charge in [-0.1, -0.05) is 11.6 Å². The second kappa shape index (κ2) is 6.41. The standard InChI is InChI=1S/C17H13ClFN3O2/c1-10-15(16(23)20-13-6-4-12(19)5-7-13)17(24)22(21-10)14-8-2-11(18)3-9-14/h2-9,15H,1H3,(H,20,23). The molecule has 3 rings (SSSR count). The number of nitrogens with one attached hydrogen (secondary N) is 1. The van der Waals surface area contributed by atoms with Crippen molar-refractivity contribution in [1.29, 1.82) is 0 Å². The van der Waals surface area contributed by atoms with E-state index in [0.29, 0.717) is 22.1 Å². The zero-order valence-corrected chi connectivity index (χ0v) is 13.4. The van der Waals surface area contributed by atoms with Crippen LogP contribution >= 0.6 is 11.6 Å². The Balaban J connectivity index is 1.78. The van der Waals surface area contributed by atoms with E-state index in [4.69, 9.17) is 11.6 Å². The summed E-state index contributed by atoms with van der Waals surface area (Å²) < 4.78 is 12.9. The minimum atomic E-state index is -1.02. The van der Waals surface area contributed by atoms with Gasteiger partial charge in [0.15, 0.2) is 5.92 Å². The first-order valence-corrected chi connectivity index (χ1v) is 7.54. The van der Waals surface area contributed by atoms with E-state index < -0.39 is 23.5 Å². The molecule has 2 aromatic carbocycles. The molecule has 1 unspecified atom stereocenters. The van der Waals surface area contributed by atoms with Gasteiger partial charge in [-0.05, 0) is 55.5 Å². The Hall–Kier alpha value is -2.73. The number of carbonyl (C=O) groups is 2. The lowest BCUT2D eigenvalue weighted by molar-refractivity contribution is -0.127. The first kappa shape index (κ1) is 16.1. The molecule has 0 radical (unpaired) electrons. The van der Waals surface area contributed by atoms with Crippen molar-refractivity contribution in [3.05, 3.63) is 59.4 Å². The van der Waals surface area contributed by atoms with Gasteiger partial charge in [0.2, 0.25) is 5.91 Å². The Morgan fingerprint density at radius 1 is 1.17 bits per heavy atom. The summed E-state index contributed by atoms with van der Waals surface area (Å²) in [4.78, 5) is 24.9. The highest BCUT2D eigenvalue weighted by Crippen LogP contribution is 2.26. The second-order valence-electron chi connectivity index (χ2n) is 5.30. The van der Waals surface area contributed by atoms with E-state index in [-0.39, 0.29) is 0 Å². The first-order valence-electron chi connectivity index (χ1n) is 7.17. The van der Waals surface area contributed by atoms with E-state index in [0.717, 1.165) is 0 Å². The number of amides is 2. The highest BCUT2D eigenvalue weighted by Gasteiger charge is 2.39. The number of anilines is 2. The minimum Gasteiger partial charge on any atom is -0.325 e. The van der Waals surface area contributed by atoms with E-state index in [2.05, 4.69) is 10.4 Å². The maximum absolute atomic E-state index is 12.9. The quantitative estimate of drug-likeness (QED) is 0.866. The van der Waals surface area contributed by atoms with Crippen LogP contribution in [0.2, 0.25) is 5.02 Å². The van der Waals surface area contributed by atoms with Crippen LogP contribution in [-0.4, -0.2) is 17.5 Å². The Morgan fingerprint density at radius 3 is 2.42 bits per heavy atom. The largest absolute Gasteiger partial charge is 0.325 e. The van der Waals surface area contributed by atoms with Gasteiger partial charge in [-0.15, -0.1) is 0 Å². The summed E-state index contributed by atoms with van der Waals surface area (Å²) >= 11 is 5.83. The molecular weight excluding hydrogens is 333 g/mol. The number of carbonyl (C=O) groups excluding carboxylic acids is 2. The van der Waals surface area contributed by atoms with Crippen molar-refractivity contribution < 1.29 is 14.0 Å². The summed E-state index contributed by atoms with van der Waals surface area (Å²) in [6.07, 6.45) is 0. The molecule has 0 saturated carbocycles. The molecule has 2 aromatic rings. The van der Waals surface area contributed by atoms with Crippen LogP contribution in [0.3, 0.4) is 0 Å². The molecule has 0 saturated heterocycles. The van der Waals surface area contributed by atoms with Crippen LogP contribution in [0.1, 0.15) is 6.92 Å². The minimum absolute atomic E-state index is 0.384. The summed E-state index contributed by atoms with van der Waals surface area (Å²) in [7, 11) is 0. The highest BCUT2D eigenvalue weighted by molar-refractivity contribution is 6.31. The van der Waals surface area contributed by atoms with Gasteiger partial charge < -0.3 is 5.32 Å². The third-order valence-corrected chi connectivity index (χ3v) is 3.83. The lowest BCUT2D eigenvalue weighted by Crippen LogP contribution is -2.36. The average Bonchev–Trinajstić information content (AvgIpc) is 2.85. The molecule has 5 nitrogen and oxygen atoms in total. The van der Waals surface area contributed by atoms with Gasteiger partial charge in [-0.3, -0.25) is 9.59 Å². The molecule has 0 aromatic heterocycles. The molecule has 0 fully saturated rings. The predicted molar refractivity (Wildman–Crippen MR) is 90.6 cm³/mol. The Morgan fingerprint density at radius 2 is 1.79 bits per heavy atom. The summed E-state index contributed by atoms with van der Waals surface area (Å²) in [6, 6.07) is 11.9. The van der Waals surface area contributed by atoms with Crippen molar-refractivity contribution >= 4 is 40.5 Å². The van der Waals surface area contributed by atoms with Gasteiger partial charge in [0.25, 0.3) is 5.91 Å². The molecular formula is C17H13ClFN3O2. The Bertz CT molecular complexity index is 819. The van der Waals surface area contributed by atoms with Crippen LogP contribution < -0.4 is 10.3 Å². The molecule has 1 atom stereocenters. The average molecular weight is 346 g/mol. The molecule has 1 aliphatic rings. The highest BCUT2D eigenvalue weighted by atomic mass is 35.5. The predicted octanol–water partition coefficient (Wildman–Crippen LogP) is 3.46. The molecule has 122 valence electrons. The topological polar surface area (TPSA) is 61.8 Å². The summed E-state index contributed by atoms with van der Waals surface area (Å²) in [5.41, 5.74) is 1.32. The van der Waals surface area contributed by atoms with Crippen LogP contribution in [0, 0.1) is 11.7 Å². The van der Waals surface area contributed by atoms with E-state index in [1.54, 1.807) is 31.2 Å². The Kier molecular flexibility index (Phi) is 4.31. The summed E-state index contributed by atoms with van der Waals surface area (Å²) in [5, 5.41) is 8.48. The van der Waals surface area contributed by atoms with Crippen molar-refractivity contribution in [2.24, 2.45) is 11.0 Å². The summed E-state index contributed by atoms with van der Waals surface area (Å²) in [6.45, 7) is 1.61. The van der Waals surface area contributed by atoms with Crippen molar-refractivity contribution in [2.75, 3.05) is 10.3 Å². The maximum Gasteiger partial charge on any atom is 0.265 e. The zero-order valence-electron chi connectivity index (χ0n) is 12.7. The lowest BCUT2D eigenvalue weighted by atomic mass is 10.0. The van der Waals surface area contributed by atoms with Gasteiger partial charge in [0, 0.05) is 10.7 Å². The smallest absolute Gasteiger partial charge is 0.265 e. The number of nitrogens with zero attached hydrogens (tertiary/aromatic N) is 2. The normalized spacial score (nSPS) is 17.0. The molecule has 1 aliphatic heterocycles. The van der Waals surface area contributed by atoms with Crippen molar-refractivity contribution in [3.63, 3.8) is 0 Å². The van der Waals surface area contributed by atoms with Gasteiger partial charge in [0.1, 0.15) is 5.82 Å². The molecule has 24 heavy (non-hydrogen) atoms. The number of benzene rings is 2. The number of halogens is 2. The Labute approximate surface area is 142 Å². The van der Waals surface area contributed by atoms with Crippen LogP contribution in [0.15, 0.2) is 53.6 Å². The number of hydrogen-bond donors (Lipinski definition) is 1. The fraction of sp³-hybridized carbons (Fsp3) is 0.118. The molecule has 0 bridgehead atoms. The van der Waals surface area contributed by atoms with Crippen LogP contribution in [-0.2, 0) is 9.59 Å². The molecule has 1 heterocycles. The number of hydrogen-bond acceptors (Lipinski definition) is 3. The van der Waals surface area contributed by atoms with E-state index in [1.807, 2.05) is 0 Å². The van der Waals surface area contributed by atoms with Gasteiger partial charge in [0.05, 0.1) is 11.4 Å².